The molecule has 0 saturated carbocycles. The van der Waals surface area contributed by atoms with Gasteiger partial charge in [-0.3, -0.25) is 14.8 Å². The van der Waals surface area contributed by atoms with Gasteiger partial charge < -0.3 is 9.32 Å². The number of hydrogen-bond donors (Lipinski definition) is 0. The van der Waals surface area contributed by atoms with E-state index in [-0.39, 0.29) is 11.8 Å². The monoisotopic (exact) mass is 335 g/mol. The van der Waals surface area contributed by atoms with Crippen LogP contribution in [0.5, 0.6) is 0 Å². The maximum absolute atomic E-state index is 13.0. The lowest BCUT2D eigenvalue weighted by atomic mass is 9.94. The zero-order valence-electron chi connectivity index (χ0n) is 14.5. The van der Waals surface area contributed by atoms with Crippen LogP contribution in [0.3, 0.4) is 0 Å². The lowest BCUT2D eigenvalue weighted by Gasteiger charge is -2.32. The van der Waals surface area contributed by atoms with Crippen LogP contribution in [-0.4, -0.2) is 33.9 Å². The molecule has 1 fully saturated rings. The van der Waals surface area contributed by atoms with Crippen molar-refractivity contribution in [2.45, 2.75) is 32.6 Å². The van der Waals surface area contributed by atoms with Gasteiger partial charge in [-0.05, 0) is 51.0 Å². The Kier molecular flexibility index (Phi) is 3.99. The third-order valence-corrected chi connectivity index (χ3v) is 4.79. The quantitative estimate of drug-likeness (QED) is 0.713. The average Bonchev–Trinajstić information content (AvgIpc) is 3.00. The number of aromatic nitrogens is 2. The first kappa shape index (κ1) is 15.8. The lowest BCUT2D eigenvalue weighted by Crippen LogP contribution is -2.39. The Morgan fingerprint density at radius 3 is 2.96 bits per heavy atom. The van der Waals surface area contributed by atoms with Crippen molar-refractivity contribution in [1.29, 1.82) is 0 Å². The maximum atomic E-state index is 13.0. The Bertz CT molecular complexity index is 932. The van der Waals surface area contributed by atoms with E-state index in [4.69, 9.17) is 4.42 Å². The van der Waals surface area contributed by atoms with Crippen LogP contribution in [0.4, 0.5) is 0 Å². The van der Waals surface area contributed by atoms with Gasteiger partial charge in [0.15, 0.2) is 0 Å². The fourth-order valence-electron chi connectivity index (χ4n) is 3.57. The Hall–Kier alpha value is -2.69. The highest BCUT2D eigenvalue weighted by molar-refractivity contribution is 5.98. The van der Waals surface area contributed by atoms with Crippen LogP contribution in [-0.2, 0) is 0 Å². The van der Waals surface area contributed by atoms with E-state index in [0.29, 0.717) is 12.1 Å². The first-order valence-corrected chi connectivity index (χ1v) is 8.68. The second-order valence-corrected chi connectivity index (χ2v) is 6.79. The number of rotatable bonds is 2. The number of amides is 1. The number of furan rings is 1. The highest BCUT2D eigenvalue weighted by Crippen LogP contribution is 2.27. The first-order chi connectivity index (χ1) is 12.1. The molecule has 1 atom stereocenters. The maximum Gasteiger partial charge on any atom is 0.253 e. The number of hydrogen-bond acceptors (Lipinski definition) is 4. The number of carbonyl (C=O) groups excluding carboxylic acids is 1. The summed E-state index contributed by atoms with van der Waals surface area (Å²) in [5.41, 5.74) is 3.44. The molecule has 1 aliphatic heterocycles. The number of piperidine rings is 1. The molecule has 1 aromatic carbocycles. The zero-order chi connectivity index (χ0) is 17.4. The predicted octanol–water partition coefficient (Wildman–Crippen LogP) is 3.86. The van der Waals surface area contributed by atoms with E-state index in [1.807, 2.05) is 49.2 Å². The van der Waals surface area contributed by atoms with E-state index in [9.17, 15) is 4.79 Å². The van der Waals surface area contributed by atoms with E-state index in [2.05, 4.69) is 9.97 Å². The fraction of sp³-hybridized carbons (Fsp3) is 0.350. The van der Waals surface area contributed by atoms with Crippen LogP contribution < -0.4 is 0 Å². The van der Waals surface area contributed by atoms with Crippen LogP contribution in [0.15, 0.2) is 41.1 Å². The Morgan fingerprint density at radius 2 is 2.12 bits per heavy atom. The van der Waals surface area contributed by atoms with Crippen LogP contribution in [0.2, 0.25) is 0 Å². The minimum atomic E-state index is 0.0751. The Morgan fingerprint density at radius 1 is 1.24 bits per heavy atom. The predicted molar refractivity (Wildman–Crippen MR) is 95.6 cm³/mol. The number of aryl methyl sites for hydroxylation is 2. The summed E-state index contributed by atoms with van der Waals surface area (Å²) in [6.07, 6.45) is 5.62. The summed E-state index contributed by atoms with van der Waals surface area (Å²) in [5.74, 6) is 1.19. The van der Waals surface area contributed by atoms with E-state index >= 15 is 0 Å². The third-order valence-electron chi connectivity index (χ3n) is 4.79. The smallest absolute Gasteiger partial charge is 0.253 e. The van der Waals surface area contributed by atoms with Crippen molar-refractivity contribution < 1.29 is 9.21 Å². The summed E-state index contributed by atoms with van der Waals surface area (Å²) in [6, 6.07) is 7.62. The summed E-state index contributed by atoms with van der Waals surface area (Å²) >= 11 is 0. The van der Waals surface area contributed by atoms with Crippen LogP contribution >= 0.6 is 0 Å². The SMILES string of the molecule is Cc1cncc([C@@H]2CCCN(C(=O)c3ccc4oc(C)cc4c3)C2)n1. The summed E-state index contributed by atoms with van der Waals surface area (Å²) < 4.78 is 5.59. The molecule has 5 nitrogen and oxygen atoms in total. The Labute approximate surface area is 146 Å². The van der Waals surface area contributed by atoms with Crippen molar-refractivity contribution in [3.8, 4) is 0 Å². The molecule has 1 amide bonds. The largest absolute Gasteiger partial charge is 0.461 e. The molecule has 0 radical (unpaired) electrons. The van der Waals surface area contributed by atoms with Gasteiger partial charge in [-0.15, -0.1) is 0 Å². The van der Waals surface area contributed by atoms with Crippen LogP contribution in [0, 0.1) is 13.8 Å². The number of benzene rings is 1. The van der Waals surface area contributed by atoms with Crippen molar-refractivity contribution in [3.05, 3.63) is 59.4 Å². The molecule has 0 aliphatic carbocycles. The van der Waals surface area contributed by atoms with Gasteiger partial charge in [0.1, 0.15) is 11.3 Å². The van der Waals surface area contributed by atoms with E-state index in [1.54, 1.807) is 6.20 Å². The fourth-order valence-corrected chi connectivity index (χ4v) is 3.57. The molecule has 0 bridgehead atoms. The summed E-state index contributed by atoms with van der Waals surface area (Å²) in [5, 5.41) is 0.974. The molecule has 128 valence electrons. The molecule has 0 N–H and O–H groups in total. The number of fused-ring (bicyclic) bond motifs is 1. The second kappa shape index (κ2) is 6.31. The molecule has 25 heavy (non-hydrogen) atoms. The number of likely N-dealkylation sites (tertiary alicyclic amines) is 1. The molecule has 0 spiro atoms. The van der Waals surface area contributed by atoms with Crippen molar-refractivity contribution >= 4 is 16.9 Å². The van der Waals surface area contributed by atoms with Crippen LogP contribution in [0.1, 0.15) is 46.3 Å². The molecule has 0 unspecified atom stereocenters. The van der Waals surface area contributed by atoms with Gasteiger partial charge in [0.2, 0.25) is 0 Å². The summed E-state index contributed by atoms with van der Waals surface area (Å²) in [6.45, 7) is 5.35. The van der Waals surface area contributed by atoms with Gasteiger partial charge in [0.25, 0.3) is 5.91 Å². The van der Waals surface area contributed by atoms with Crippen molar-refractivity contribution in [2.75, 3.05) is 13.1 Å². The zero-order valence-corrected chi connectivity index (χ0v) is 14.5. The molecule has 2 aromatic heterocycles. The highest BCUT2D eigenvalue weighted by atomic mass is 16.3. The normalized spacial score (nSPS) is 17.8. The molecule has 1 aliphatic rings. The molecular weight excluding hydrogens is 314 g/mol. The number of carbonyl (C=O) groups is 1. The number of nitrogens with zero attached hydrogens (tertiary/aromatic N) is 3. The molecule has 3 heterocycles. The van der Waals surface area contributed by atoms with E-state index < -0.39 is 0 Å². The third kappa shape index (κ3) is 3.14. The van der Waals surface area contributed by atoms with Crippen LogP contribution in [0.25, 0.3) is 11.0 Å². The Balaban J connectivity index is 1.56. The van der Waals surface area contributed by atoms with Gasteiger partial charge in [0.05, 0.1) is 11.4 Å². The van der Waals surface area contributed by atoms with E-state index in [0.717, 1.165) is 47.5 Å². The molecule has 1 saturated heterocycles. The topological polar surface area (TPSA) is 59.2 Å². The summed E-state index contributed by atoms with van der Waals surface area (Å²) in [7, 11) is 0. The average molecular weight is 335 g/mol. The minimum Gasteiger partial charge on any atom is -0.461 e. The molecular formula is C20H21N3O2. The molecule has 3 aromatic rings. The first-order valence-electron chi connectivity index (χ1n) is 8.68. The van der Waals surface area contributed by atoms with Crippen molar-refractivity contribution in [2.24, 2.45) is 0 Å². The van der Waals surface area contributed by atoms with Crippen molar-refractivity contribution in [1.82, 2.24) is 14.9 Å². The van der Waals surface area contributed by atoms with E-state index in [1.165, 1.54) is 0 Å². The van der Waals surface area contributed by atoms with Gasteiger partial charge in [0, 0.05) is 42.4 Å². The van der Waals surface area contributed by atoms with Gasteiger partial charge in [-0.1, -0.05) is 0 Å². The lowest BCUT2D eigenvalue weighted by molar-refractivity contribution is 0.0706. The molecule has 5 heteroatoms. The minimum absolute atomic E-state index is 0.0751. The highest BCUT2D eigenvalue weighted by Gasteiger charge is 2.26. The molecule has 4 rings (SSSR count). The second-order valence-electron chi connectivity index (χ2n) is 6.79. The van der Waals surface area contributed by atoms with Crippen molar-refractivity contribution in [3.63, 3.8) is 0 Å². The van der Waals surface area contributed by atoms with Gasteiger partial charge in [-0.25, -0.2) is 0 Å². The standard InChI is InChI=1S/C20H21N3O2/c1-13-10-21-11-18(22-13)16-4-3-7-23(12-16)20(24)15-5-6-19-17(9-15)8-14(2)25-19/h5-6,8-11,16H,3-4,7,12H2,1-2H3/t16-/m1/s1. The van der Waals surface area contributed by atoms with Gasteiger partial charge >= 0.3 is 0 Å². The van der Waals surface area contributed by atoms with Gasteiger partial charge in [-0.2, -0.15) is 0 Å². The summed E-state index contributed by atoms with van der Waals surface area (Å²) in [4.78, 5) is 23.7.